The molecule has 1 aromatic carbocycles. The predicted molar refractivity (Wildman–Crippen MR) is 58.1 cm³/mol. The van der Waals surface area contributed by atoms with Gasteiger partial charge in [-0.25, -0.2) is 4.42 Å². The van der Waals surface area contributed by atoms with Gasteiger partial charge >= 0.3 is 11.3 Å². The Morgan fingerprint density at radius 2 is 2.00 bits per heavy atom. The van der Waals surface area contributed by atoms with E-state index in [4.69, 9.17) is 4.42 Å². The maximum absolute atomic E-state index is 5.58. The van der Waals surface area contributed by atoms with Crippen molar-refractivity contribution in [1.29, 1.82) is 0 Å². The Morgan fingerprint density at radius 3 is 2.83 bits per heavy atom. The summed E-state index contributed by atoms with van der Waals surface area (Å²) in [4.78, 5) is 0. The van der Waals surface area contributed by atoms with Crippen molar-refractivity contribution in [3.05, 3.63) is 39.7 Å². The molecule has 0 saturated carbocycles. The average molecular weight is 271 g/mol. The van der Waals surface area contributed by atoms with E-state index in [1.807, 2.05) is 25.1 Å². The fraction of sp³-hybridized carbons (Fsp3) is 0.100. The first-order valence-corrected chi connectivity index (χ1v) is 4.83. The Hall–Kier alpha value is -0.640. The highest BCUT2D eigenvalue weighted by Crippen LogP contribution is 2.20. The zero-order valence-electron chi connectivity index (χ0n) is 6.67. The van der Waals surface area contributed by atoms with Gasteiger partial charge in [-0.05, 0) is 34.7 Å². The highest BCUT2D eigenvalue weighted by atomic mass is 127. The number of hydrogen-bond donors (Lipinski definition) is 0. The number of fused-ring (bicyclic) bond motifs is 1. The van der Waals surface area contributed by atoms with E-state index in [0.29, 0.717) is 0 Å². The van der Waals surface area contributed by atoms with E-state index in [9.17, 15) is 0 Å². The van der Waals surface area contributed by atoms with Crippen molar-refractivity contribution in [3.8, 4) is 0 Å². The molecule has 2 heteroatoms. The molecule has 60 valence electrons. The molecule has 1 nitrogen and oxygen atoms in total. The predicted octanol–water partition coefficient (Wildman–Crippen LogP) is 3.63. The lowest BCUT2D eigenvalue weighted by molar-refractivity contribution is 0.561. The highest BCUT2D eigenvalue weighted by Gasteiger charge is 2.11. The minimum atomic E-state index is 0.954. The molecule has 0 atom stereocenters. The van der Waals surface area contributed by atoms with Crippen LogP contribution in [0, 0.1) is 10.5 Å². The van der Waals surface area contributed by atoms with Crippen molar-refractivity contribution >= 4 is 33.6 Å². The quantitative estimate of drug-likeness (QED) is 0.526. The number of benzene rings is 1. The molecular weight excluding hydrogens is 263 g/mol. The summed E-state index contributed by atoms with van der Waals surface area (Å²) < 4.78 is 6.76. The largest absolute Gasteiger partial charge is 0.360 e. The number of hydrogen-bond acceptors (Lipinski definition) is 0. The van der Waals surface area contributed by atoms with Gasteiger partial charge in [0.2, 0.25) is 0 Å². The maximum Gasteiger partial charge on any atom is 0.360 e. The second kappa shape index (κ2) is 3.01. The van der Waals surface area contributed by atoms with E-state index >= 15 is 0 Å². The van der Waals surface area contributed by atoms with Crippen molar-refractivity contribution in [1.82, 2.24) is 0 Å². The fourth-order valence-corrected chi connectivity index (χ4v) is 1.59. The molecule has 0 bridgehead atoms. The number of rotatable bonds is 0. The van der Waals surface area contributed by atoms with E-state index in [0.717, 1.165) is 16.7 Å². The van der Waals surface area contributed by atoms with Crippen molar-refractivity contribution in [2.75, 3.05) is 0 Å². The summed E-state index contributed by atoms with van der Waals surface area (Å²) in [5, 5.41) is 1.16. The summed E-state index contributed by atoms with van der Waals surface area (Å²) in [5.74, 6) is 0.981. The van der Waals surface area contributed by atoms with Crippen LogP contribution in [-0.4, -0.2) is 0 Å². The van der Waals surface area contributed by atoms with E-state index in [1.54, 1.807) is 0 Å². The summed E-state index contributed by atoms with van der Waals surface area (Å²) >= 11 is 2.28. The van der Waals surface area contributed by atoms with Gasteiger partial charge in [0.05, 0.1) is 12.3 Å². The van der Waals surface area contributed by atoms with Gasteiger partial charge in [-0.2, -0.15) is 0 Å². The summed E-state index contributed by atoms with van der Waals surface area (Å²) in [6, 6.07) is 10.2. The molecule has 12 heavy (non-hydrogen) atoms. The Bertz CT molecular complexity index is 383. The molecule has 2 rings (SSSR count). The highest BCUT2D eigenvalue weighted by molar-refractivity contribution is 14.1. The molecule has 0 unspecified atom stereocenters. The average Bonchev–Trinajstić information content (AvgIpc) is 2.07. The number of para-hydroxylation sites is 1. The minimum absolute atomic E-state index is 0.954. The van der Waals surface area contributed by atoms with Crippen LogP contribution in [0.25, 0.3) is 11.0 Å². The first-order valence-electron chi connectivity index (χ1n) is 3.75. The molecule has 1 heterocycles. The van der Waals surface area contributed by atoms with E-state index in [2.05, 4.69) is 34.7 Å². The molecule has 0 saturated heterocycles. The smallest absolute Gasteiger partial charge is 0.211 e. The Labute approximate surface area is 84.5 Å². The third kappa shape index (κ3) is 1.31. The zero-order valence-corrected chi connectivity index (χ0v) is 8.83. The minimum Gasteiger partial charge on any atom is -0.211 e. The standard InChI is InChI=1S/C10H8IO/c1-7-9(11)6-8-4-2-3-5-10(8)12-7/h2-6H,1H3/q+1. The first kappa shape index (κ1) is 7.98. The Morgan fingerprint density at radius 1 is 1.25 bits per heavy atom. The Kier molecular flexibility index (Phi) is 2.00. The van der Waals surface area contributed by atoms with E-state index in [1.165, 1.54) is 3.57 Å². The van der Waals surface area contributed by atoms with Gasteiger partial charge < -0.3 is 0 Å². The third-order valence-electron chi connectivity index (χ3n) is 1.80. The van der Waals surface area contributed by atoms with Crippen LogP contribution in [0.3, 0.4) is 0 Å². The molecule has 0 aliphatic heterocycles. The van der Waals surface area contributed by atoms with Crippen molar-refractivity contribution in [3.63, 3.8) is 0 Å². The monoisotopic (exact) mass is 271 g/mol. The Balaban J connectivity index is 2.84. The van der Waals surface area contributed by atoms with Crippen molar-refractivity contribution in [2.24, 2.45) is 0 Å². The summed E-state index contributed by atoms with van der Waals surface area (Å²) in [6.45, 7) is 1.98. The van der Waals surface area contributed by atoms with E-state index < -0.39 is 0 Å². The molecule has 0 aliphatic carbocycles. The van der Waals surface area contributed by atoms with Crippen LogP contribution in [0.15, 0.2) is 34.7 Å². The lowest BCUT2D eigenvalue weighted by Crippen LogP contribution is -1.80. The summed E-state index contributed by atoms with van der Waals surface area (Å²) in [6.07, 6.45) is 0. The van der Waals surface area contributed by atoms with Crippen LogP contribution >= 0.6 is 22.6 Å². The number of aryl methyl sites for hydroxylation is 1. The van der Waals surface area contributed by atoms with Crippen molar-refractivity contribution < 1.29 is 4.42 Å². The zero-order chi connectivity index (χ0) is 8.55. The molecule has 0 fully saturated rings. The summed E-state index contributed by atoms with van der Waals surface area (Å²) in [7, 11) is 0. The number of halogens is 1. The first-order chi connectivity index (χ1) is 5.77. The van der Waals surface area contributed by atoms with Gasteiger partial charge in [-0.3, -0.25) is 0 Å². The van der Waals surface area contributed by atoms with Gasteiger partial charge in [-0.1, -0.05) is 12.1 Å². The van der Waals surface area contributed by atoms with Gasteiger partial charge in [0.15, 0.2) is 0 Å². The summed E-state index contributed by atoms with van der Waals surface area (Å²) in [5.41, 5.74) is 0.954. The van der Waals surface area contributed by atoms with Gasteiger partial charge in [-0.15, -0.1) is 0 Å². The van der Waals surface area contributed by atoms with Crippen LogP contribution in [0.4, 0.5) is 0 Å². The van der Waals surface area contributed by atoms with Crippen LogP contribution < -0.4 is 0 Å². The second-order valence-corrected chi connectivity index (χ2v) is 3.85. The topological polar surface area (TPSA) is 11.3 Å². The maximum atomic E-state index is 5.58. The van der Waals surface area contributed by atoms with Crippen molar-refractivity contribution in [2.45, 2.75) is 6.92 Å². The normalized spacial score (nSPS) is 10.5. The van der Waals surface area contributed by atoms with Gasteiger partial charge in [0.1, 0.15) is 3.57 Å². The lowest BCUT2D eigenvalue weighted by Gasteiger charge is -1.89. The molecule has 0 spiro atoms. The molecule has 1 aromatic heterocycles. The fourth-order valence-electron chi connectivity index (χ4n) is 1.14. The van der Waals surface area contributed by atoms with E-state index in [-0.39, 0.29) is 0 Å². The van der Waals surface area contributed by atoms with Crippen LogP contribution in [0.1, 0.15) is 5.76 Å². The molecular formula is C10H8IO+. The van der Waals surface area contributed by atoms with Crippen LogP contribution in [0.5, 0.6) is 0 Å². The van der Waals surface area contributed by atoms with Crippen LogP contribution in [0.2, 0.25) is 0 Å². The van der Waals surface area contributed by atoms with Gasteiger partial charge in [0, 0.05) is 6.07 Å². The molecule has 0 N–H and O–H groups in total. The second-order valence-electron chi connectivity index (χ2n) is 2.69. The molecule has 2 aromatic rings. The molecule has 0 radical (unpaired) electrons. The lowest BCUT2D eigenvalue weighted by atomic mass is 10.2. The van der Waals surface area contributed by atoms with Gasteiger partial charge in [0.25, 0.3) is 0 Å². The molecule has 0 aliphatic rings. The SMILES string of the molecule is Cc1[o+]c2ccccc2cc1I. The van der Waals surface area contributed by atoms with Crippen LogP contribution in [-0.2, 0) is 0 Å². The third-order valence-corrected chi connectivity index (χ3v) is 2.87. The molecule has 0 amide bonds.